The van der Waals surface area contributed by atoms with Gasteiger partial charge in [0, 0.05) is 17.0 Å². The lowest BCUT2D eigenvalue weighted by atomic mass is 10.1. The molecule has 0 saturated heterocycles. The third kappa shape index (κ3) is 4.96. The van der Waals surface area contributed by atoms with E-state index in [4.69, 9.17) is 5.73 Å². The molecule has 0 aromatic heterocycles. The lowest BCUT2D eigenvalue weighted by molar-refractivity contribution is -0.384. The molecule has 0 fully saturated rings. The molecule has 0 spiro atoms. The molecule has 0 aliphatic rings. The minimum absolute atomic E-state index is 0.130. The first kappa shape index (κ1) is 15.6. The molecule has 0 bridgehead atoms. The molecule has 0 heterocycles. The van der Waals surface area contributed by atoms with Crippen molar-refractivity contribution >= 4 is 33.2 Å². The number of anilines is 1. The van der Waals surface area contributed by atoms with Gasteiger partial charge < -0.3 is 11.1 Å². The number of halogens is 1. The van der Waals surface area contributed by atoms with E-state index in [0.29, 0.717) is 23.9 Å². The summed E-state index contributed by atoms with van der Waals surface area (Å²) in [6.07, 6.45) is 0.957. The van der Waals surface area contributed by atoms with Gasteiger partial charge in [0.05, 0.1) is 4.92 Å². The molecule has 1 atom stereocenters. The van der Waals surface area contributed by atoms with Crippen molar-refractivity contribution in [3.63, 3.8) is 0 Å². The Hall–Kier alpha value is -1.47. The van der Waals surface area contributed by atoms with E-state index in [-0.39, 0.29) is 23.2 Å². The van der Waals surface area contributed by atoms with Crippen molar-refractivity contribution < 1.29 is 9.72 Å². The highest BCUT2D eigenvalue weighted by atomic mass is 79.9. The first-order valence-electron chi connectivity index (χ1n) is 5.88. The van der Waals surface area contributed by atoms with Crippen LogP contribution in [0.15, 0.2) is 22.7 Å². The fourth-order valence-corrected chi connectivity index (χ4v) is 1.82. The molecule has 0 aliphatic heterocycles. The third-order valence-electron chi connectivity index (χ3n) is 2.70. The van der Waals surface area contributed by atoms with Gasteiger partial charge in [0.15, 0.2) is 0 Å². The number of rotatable bonds is 6. The van der Waals surface area contributed by atoms with Crippen molar-refractivity contribution in [1.29, 1.82) is 0 Å². The van der Waals surface area contributed by atoms with E-state index in [1.54, 1.807) is 6.07 Å². The summed E-state index contributed by atoms with van der Waals surface area (Å²) in [4.78, 5) is 22.1. The second kappa shape index (κ2) is 7.20. The Bertz CT molecular complexity index is 479. The van der Waals surface area contributed by atoms with Crippen molar-refractivity contribution in [3.05, 3.63) is 32.8 Å². The highest BCUT2D eigenvalue weighted by Gasteiger charge is 2.16. The summed E-state index contributed by atoms with van der Waals surface area (Å²) in [5.41, 5.74) is 5.54. The van der Waals surface area contributed by atoms with Crippen molar-refractivity contribution in [2.75, 3.05) is 11.9 Å². The molecular weight excluding hydrogens is 314 g/mol. The van der Waals surface area contributed by atoms with Gasteiger partial charge in [-0.1, -0.05) is 22.9 Å². The Kier molecular flexibility index (Phi) is 5.91. The fraction of sp³-hybridized carbons (Fsp3) is 0.417. The van der Waals surface area contributed by atoms with Crippen LogP contribution in [0.1, 0.15) is 19.8 Å². The molecule has 19 heavy (non-hydrogen) atoms. The number of amides is 1. The topological polar surface area (TPSA) is 98.3 Å². The number of carbonyl (C=O) groups is 1. The minimum Gasteiger partial charge on any atom is -0.330 e. The van der Waals surface area contributed by atoms with Crippen LogP contribution in [0.3, 0.4) is 0 Å². The summed E-state index contributed by atoms with van der Waals surface area (Å²) in [7, 11) is 0. The van der Waals surface area contributed by atoms with Crippen LogP contribution in [-0.2, 0) is 4.79 Å². The zero-order valence-electron chi connectivity index (χ0n) is 10.6. The van der Waals surface area contributed by atoms with Crippen LogP contribution >= 0.6 is 15.9 Å². The van der Waals surface area contributed by atoms with E-state index < -0.39 is 4.92 Å². The molecule has 1 aromatic carbocycles. The molecule has 104 valence electrons. The third-order valence-corrected chi connectivity index (χ3v) is 3.19. The number of hydrogen-bond acceptors (Lipinski definition) is 4. The number of nitro groups is 1. The standard InChI is InChI=1S/C12H16BrN3O3/c1-8(7-14)2-5-12(17)15-10-4-3-9(13)6-11(10)16(18)19/h3-4,6,8H,2,5,7,14H2,1H3,(H,15,17). The molecule has 0 radical (unpaired) electrons. The summed E-state index contributed by atoms with van der Waals surface area (Å²) in [5.74, 6) is 0.0105. The van der Waals surface area contributed by atoms with Gasteiger partial charge in [-0.3, -0.25) is 14.9 Å². The highest BCUT2D eigenvalue weighted by Crippen LogP contribution is 2.28. The molecular formula is C12H16BrN3O3. The van der Waals surface area contributed by atoms with Gasteiger partial charge in [-0.25, -0.2) is 0 Å². The van der Waals surface area contributed by atoms with Crippen LogP contribution in [-0.4, -0.2) is 17.4 Å². The Labute approximate surface area is 119 Å². The molecule has 3 N–H and O–H groups in total. The van der Waals surface area contributed by atoms with Crippen LogP contribution < -0.4 is 11.1 Å². The normalized spacial score (nSPS) is 11.9. The molecule has 1 aromatic rings. The van der Waals surface area contributed by atoms with Crippen molar-refractivity contribution in [2.45, 2.75) is 19.8 Å². The summed E-state index contributed by atoms with van der Waals surface area (Å²) in [6, 6.07) is 4.51. The number of nitrogens with two attached hydrogens (primary N) is 1. The second-order valence-electron chi connectivity index (χ2n) is 4.35. The van der Waals surface area contributed by atoms with Gasteiger partial charge in [0.25, 0.3) is 5.69 Å². The minimum atomic E-state index is -0.525. The monoisotopic (exact) mass is 329 g/mol. The van der Waals surface area contributed by atoms with E-state index in [1.165, 1.54) is 12.1 Å². The number of nitrogens with one attached hydrogen (secondary N) is 1. The van der Waals surface area contributed by atoms with Gasteiger partial charge in [-0.15, -0.1) is 0 Å². The maximum atomic E-state index is 11.7. The van der Waals surface area contributed by atoms with Gasteiger partial charge in [0.2, 0.25) is 5.91 Å². The first-order chi connectivity index (χ1) is 8.93. The Morgan fingerprint density at radius 2 is 2.26 bits per heavy atom. The van der Waals surface area contributed by atoms with E-state index >= 15 is 0 Å². The maximum absolute atomic E-state index is 11.7. The number of benzene rings is 1. The van der Waals surface area contributed by atoms with E-state index in [1.807, 2.05) is 6.92 Å². The number of nitro benzene ring substituents is 1. The van der Waals surface area contributed by atoms with Crippen LogP contribution in [0, 0.1) is 16.0 Å². The molecule has 1 rings (SSSR count). The van der Waals surface area contributed by atoms with Gasteiger partial charge in [0.1, 0.15) is 5.69 Å². The molecule has 7 heteroatoms. The lowest BCUT2D eigenvalue weighted by Crippen LogP contribution is -2.16. The molecule has 1 unspecified atom stereocenters. The number of nitrogens with zero attached hydrogens (tertiary/aromatic N) is 1. The van der Waals surface area contributed by atoms with Gasteiger partial charge >= 0.3 is 0 Å². The highest BCUT2D eigenvalue weighted by molar-refractivity contribution is 9.10. The second-order valence-corrected chi connectivity index (χ2v) is 5.26. The van der Waals surface area contributed by atoms with E-state index in [0.717, 1.165) is 0 Å². The maximum Gasteiger partial charge on any atom is 0.293 e. The van der Waals surface area contributed by atoms with Crippen LogP contribution in [0.4, 0.5) is 11.4 Å². The Morgan fingerprint density at radius 1 is 1.58 bits per heavy atom. The average molecular weight is 330 g/mol. The summed E-state index contributed by atoms with van der Waals surface area (Å²) < 4.78 is 0.592. The van der Waals surface area contributed by atoms with Crippen LogP contribution in [0.25, 0.3) is 0 Å². The SMILES string of the molecule is CC(CN)CCC(=O)Nc1ccc(Br)cc1[N+](=O)[O-]. The van der Waals surface area contributed by atoms with Gasteiger partial charge in [-0.2, -0.15) is 0 Å². The summed E-state index contributed by atoms with van der Waals surface area (Å²) in [6.45, 7) is 2.47. The van der Waals surface area contributed by atoms with Crippen molar-refractivity contribution in [2.24, 2.45) is 11.7 Å². The van der Waals surface area contributed by atoms with Crippen LogP contribution in [0.5, 0.6) is 0 Å². The first-order valence-corrected chi connectivity index (χ1v) is 6.67. The average Bonchev–Trinajstić information content (AvgIpc) is 2.37. The van der Waals surface area contributed by atoms with E-state index in [2.05, 4.69) is 21.2 Å². The van der Waals surface area contributed by atoms with E-state index in [9.17, 15) is 14.9 Å². The summed E-state index contributed by atoms with van der Waals surface area (Å²) >= 11 is 3.16. The smallest absolute Gasteiger partial charge is 0.293 e. The predicted molar refractivity (Wildman–Crippen MR) is 76.9 cm³/mol. The zero-order valence-corrected chi connectivity index (χ0v) is 12.1. The lowest BCUT2D eigenvalue weighted by Gasteiger charge is -2.09. The summed E-state index contributed by atoms with van der Waals surface area (Å²) in [5, 5.41) is 13.4. The van der Waals surface area contributed by atoms with Crippen molar-refractivity contribution in [3.8, 4) is 0 Å². The number of hydrogen-bond donors (Lipinski definition) is 2. The molecule has 0 aliphatic carbocycles. The Balaban J connectivity index is 2.71. The quantitative estimate of drug-likeness (QED) is 0.619. The zero-order chi connectivity index (χ0) is 14.4. The van der Waals surface area contributed by atoms with Crippen molar-refractivity contribution in [1.82, 2.24) is 0 Å². The largest absolute Gasteiger partial charge is 0.330 e. The van der Waals surface area contributed by atoms with Crippen LogP contribution in [0.2, 0.25) is 0 Å². The number of carbonyl (C=O) groups excluding carboxylic acids is 1. The predicted octanol–water partition coefficient (Wildman–Crippen LogP) is 2.67. The Morgan fingerprint density at radius 3 is 2.84 bits per heavy atom. The fourth-order valence-electron chi connectivity index (χ4n) is 1.47. The molecule has 1 amide bonds. The molecule has 6 nitrogen and oxygen atoms in total. The molecule has 0 saturated carbocycles. The van der Waals surface area contributed by atoms with Gasteiger partial charge in [-0.05, 0) is 31.0 Å².